The Hall–Kier alpha value is -2.16. The average molecular weight is 263 g/mol. The predicted octanol–water partition coefficient (Wildman–Crippen LogP) is 3.36. The van der Waals surface area contributed by atoms with Crippen molar-refractivity contribution in [1.29, 1.82) is 0 Å². The number of fused-ring (bicyclic) bond motifs is 1. The molecule has 0 bridgehead atoms. The van der Waals surface area contributed by atoms with E-state index < -0.39 is 0 Å². The summed E-state index contributed by atoms with van der Waals surface area (Å²) in [6.45, 7) is 2.38. The average Bonchev–Trinajstić information content (AvgIpc) is 3.17. The highest BCUT2D eigenvalue weighted by Crippen LogP contribution is 2.28. The molecule has 1 aromatic heterocycles. The Morgan fingerprint density at radius 3 is 2.50 bits per heavy atom. The predicted molar refractivity (Wildman–Crippen MR) is 82.0 cm³/mol. The second-order valence-electron chi connectivity index (χ2n) is 5.48. The summed E-state index contributed by atoms with van der Waals surface area (Å²) in [5.41, 5.74) is 6.01. The molecule has 2 aromatic rings. The number of aromatic nitrogens is 1. The third kappa shape index (κ3) is 1.99. The summed E-state index contributed by atoms with van der Waals surface area (Å²) in [5, 5.41) is 0. The van der Waals surface area contributed by atoms with E-state index in [9.17, 15) is 0 Å². The lowest BCUT2D eigenvalue weighted by molar-refractivity contribution is 0.949. The fourth-order valence-corrected chi connectivity index (χ4v) is 3.04. The van der Waals surface area contributed by atoms with E-state index in [0.29, 0.717) is 0 Å². The molecule has 3 nitrogen and oxygen atoms in total. The molecule has 1 fully saturated rings. The first-order chi connectivity index (χ1) is 9.90. The highest BCUT2D eigenvalue weighted by Gasteiger charge is 2.17. The van der Waals surface area contributed by atoms with E-state index in [-0.39, 0.29) is 0 Å². The van der Waals surface area contributed by atoms with Crippen LogP contribution in [0.15, 0.2) is 47.7 Å². The zero-order valence-corrected chi connectivity index (χ0v) is 11.4. The second-order valence-corrected chi connectivity index (χ2v) is 5.48. The van der Waals surface area contributed by atoms with Crippen LogP contribution in [0, 0.1) is 0 Å². The van der Waals surface area contributed by atoms with E-state index in [1.54, 1.807) is 0 Å². The van der Waals surface area contributed by atoms with Crippen LogP contribution in [0.5, 0.6) is 0 Å². The van der Waals surface area contributed by atoms with Gasteiger partial charge in [-0.15, -0.1) is 0 Å². The number of hydrogen-bond donors (Lipinski definition) is 0. The van der Waals surface area contributed by atoms with Crippen LogP contribution >= 0.6 is 0 Å². The molecule has 0 spiro atoms. The monoisotopic (exact) mass is 263 g/mol. The number of rotatable bonds is 2. The molecule has 0 radical (unpaired) electrons. The Bertz CT molecular complexity index is 652. The van der Waals surface area contributed by atoms with Gasteiger partial charge in [0.2, 0.25) is 0 Å². The van der Waals surface area contributed by atoms with Gasteiger partial charge in [-0.25, -0.2) is 0 Å². The molecule has 0 atom stereocenters. The number of aliphatic imine (C=N–C) groups is 1. The van der Waals surface area contributed by atoms with Crippen molar-refractivity contribution in [2.45, 2.75) is 19.3 Å². The van der Waals surface area contributed by atoms with Gasteiger partial charge in [0.1, 0.15) is 0 Å². The van der Waals surface area contributed by atoms with Crippen LogP contribution in [0.25, 0.3) is 0 Å². The molecule has 3 heteroatoms. The zero-order chi connectivity index (χ0) is 13.4. The van der Waals surface area contributed by atoms with Gasteiger partial charge >= 0.3 is 0 Å². The van der Waals surface area contributed by atoms with Crippen molar-refractivity contribution in [3.8, 4) is 0 Å². The number of anilines is 1. The summed E-state index contributed by atoms with van der Waals surface area (Å²) in [6, 6.07) is 10.8. The van der Waals surface area contributed by atoms with E-state index in [1.165, 1.54) is 42.7 Å². The fraction of sp³-hybridized carbons (Fsp3) is 0.294. The van der Waals surface area contributed by atoms with Crippen LogP contribution in [0.4, 0.5) is 11.4 Å². The van der Waals surface area contributed by atoms with Crippen molar-refractivity contribution >= 4 is 17.1 Å². The molecule has 2 aliphatic rings. The highest BCUT2D eigenvalue weighted by molar-refractivity contribution is 6.06. The van der Waals surface area contributed by atoms with Gasteiger partial charge in [0.25, 0.3) is 0 Å². The maximum atomic E-state index is 4.71. The summed E-state index contributed by atoms with van der Waals surface area (Å²) < 4.78 is 0. The molecular formula is C17H17N3. The Kier molecular flexibility index (Phi) is 2.76. The van der Waals surface area contributed by atoms with Crippen LogP contribution < -0.4 is 4.90 Å². The van der Waals surface area contributed by atoms with E-state index in [0.717, 1.165) is 17.8 Å². The third-order valence-corrected chi connectivity index (χ3v) is 4.16. The zero-order valence-electron chi connectivity index (χ0n) is 11.4. The van der Waals surface area contributed by atoms with E-state index in [2.05, 4.69) is 34.1 Å². The summed E-state index contributed by atoms with van der Waals surface area (Å²) >= 11 is 0. The topological polar surface area (TPSA) is 28.5 Å². The van der Waals surface area contributed by atoms with Crippen molar-refractivity contribution in [3.63, 3.8) is 0 Å². The van der Waals surface area contributed by atoms with Gasteiger partial charge < -0.3 is 4.90 Å². The van der Waals surface area contributed by atoms with Crippen LogP contribution in [0.2, 0.25) is 0 Å². The maximum Gasteiger partial charge on any atom is 0.0699 e. The van der Waals surface area contributed by atoms with E-state index >= 15 is 0 Å². The Balaban J connectivity index is 1.58. The van der Waals surface area contributed by atoms with Crippen molar-refractivity contribution < 1.29 is 0 Å². The van der Waals surface area contributed by atoms with Crippen molar-refractivity contribution in [1.82, 2.24) is 4.98 Å². The molecule has 100 valence electrons. The van der Waals surface area contributed by atoms with E-state index in [1.807, 2.05) is 18.5 Å². The lowest BCUT2D eigenvalue weighted by Crippen LogP contribution is -2.17. The largest absolute Gasteiger partial charge is 0.372 e. The molecule has 0 amide bonds. The van der Waals surface area contributed by atoms with Gasteiger partial charge in [0.15, 0.2) is 0 Å². The normalized spacial score (nSPS) is 17.2. The summed E-state index contributed by atoms with van der Waals surface area (Å²) in [6.07, 6.45) is 7.26. The van der Waals surface area contributed by atoms with Crippen molar-refractivity contribution in [2.24, 2.45) is 4.99 Å². The van der Waals surface area contributed by atoms with Crippen LogP contribution in [0.1, 0.15) is 24.0 Å². The van der Waals surface area contributed by atoms with Gasteiger partial charge in [-0.2, -0.15) is 0 Å². The molecule has 2 aliphatic heterocycles. The number of nitrogens with zero attached hydrogens (tertiary/aromatic N) is 3. The summed E-state index contributed by atoms with van der Waals surface area (Å²) in [4.78, 5) is 11.3. The quantitative estimate of drug-likeness (QED) is 0.831. The summed E-state index contributed by atoms with van der Waals surface area (Å²) in [5.74, 6) is 0. The van der Waals surface area contributed by atoms with Crippen molar-refractivity contribution in [2.75, 3.05) is 18.0 Å². The Morgan fingerprint density at radius 1 is 0.950 bits per heavy atom. The first-order valence-electron chi connectivity index (χ1n) is 7.26. The first kappa shape index (κ1) is 11.6. The Labute approximate surface area is 119 Å². The smallest absolute Gasteiger partial charge is 0.0699 e. The molecule has 0 N–H and O–H groups in total. The third-order valence-electron chi connectivity index (χ3n) is 4.16. The first-order valence-corrected chi connectivity index (χ1v) is 7.26. The minimum atomic E-state index is 0.895. The van der Waals surface area contributed by atoms with Gasteiger partial charge in [-0.1, -0.05) is 12.1 Å². The van der Waals surface area contributed by atoms with Gasteiger partial charge in [0.05, 0.1) is 11.4 Å². The van der Waals surface area contributed by atoms with Crippen LogP contribution in [-0.4, -0.2) is 23.8 Å². The maximum absolute atomic E-state index is 4.71. The Morgan fingerprint density at radius 2 is 1.75 bits per heavy atom. The molecule has 0 saturated carbocycles. The number of pyridine rings is 1. The van der Waals surface area contributed by atoms with Crippen LogP contribution in [0.3, 0.4) is 0 Å². The minimum Gasteiger partial charge on any atom is -0.372 e. The summed E-state index contributed by atoms with van der Waals surface area (Å²) in [7, 11) is 0. The molecule has 1 aromatic carbocycles. The molecule has 1 saturated heterocycles. The molecule has 0 unspecified atom stereocenters. The lowest BCUT2D eigenvalue weighted by atomic mass is 10.1. The second kappa shape index (κ2) is 4.75. The van der Waals surface area contributed by atoms with Crippen molar-refractivity contribution in [3.05, 3.63) is 53.9 Å². The SMILES string of the molecule is c1cc2c(cn1)CC(c1ccc(N3CCCC3)cc1)=N2. The lowest BCUT2D eigenvalue weighted by Gasteiger charge is -2.17. The standard InChI is InChI=1S/C17H17N3/c1-2-10-20(9-1)15-5-3-13(4-6-15)17-11-14-12-18-8-7-16(14)19-17/h3-8,12H,1-2,9-11H2. The highest BCUT2D eigenvalue weighted by atomic mass is 15.1. The van der Waals surface area contributed by atoms with E-state index in [4.69, 9.17) is 4.99 Å². The number of hydrogen-bond acceptors (Lipinski definition) is 3. The minimum absolute atomic E-state index is 0.895. The molecule has 20 heavy (non-hydrogen) atoms. The molecule has 4 rings (SSSR count). The molecular weight excluding hydrogens is 246 g/mol. The van der Waals surface area contributed by atoms with Crippen LogP contribution in [-0.2, 0) is 6.42 Å². The van der Waals surface area contributed by atoms with Gasteiger partial charge in [-0.05, 0) is 36.6 Å². The van der Waals surface area contributed by atoms with Gasteiger partial charge in [-0.3, -0.25) is 9.98 Å². The molecule has 3 heterocycles. The number of benzene rings is 1. The molecule has 0 aliphatic carbocycles. The van der Waals surface area contributed by atoms with Gasteiger partial charge in [0, 0.05) is 43.2 Å². The fourth-order valence-electron chi connectivity index (χ4n) is 3.04.